The maximum absolute atomic E-state index is 5.62. The van der Waals surface area contributed by atoms with Gasteiger partial charge in [-0.1, -0.05) is 19.1 Å². The van der Waals surface area contributed by atoms with Crippen molar-refractivity contribution >= 4 is 0 Å². The van der Waals surface area contributed by atoms with E-state index in [0.717, 1.165) is 18.7 Å². The Balaban J connectivity index is 3.17. The molecule has 0 bridgehead atoms. The molecule has 0 aliphatic rings. The van der Waals surface area contributed by atoms with Crippen LogP contribution in [0.2, 0.25) is 0 Å². The normalized spacial score (nSPS) is 14.2. The van der Waals surface area contributed by atoms with Crippen LogP contribution in [0.5, 0.6) is 5.75 Å². The van der Waals surface area contributed by atoms with Crippen molar-refractivity contribution in [1.29, 1.82) is 0 Å². The number of rotatable bonds is 7. The molecule has 19 heavy (non-hydrogen) atoms. The maximum Gasteiger partial charge on any atom is 0.126 e. The van der Waals surface area contributed by atoms with Crippen LogP contribution in [0.3, 0.4) is 0 Å². The molecule has 3 heteroatoms. The highest BCUT2D eigenvalue weighted by molar-refractivity contribution is 5.47. The molecule has 0 fully saturated rings. The van der Waals surface area contributed by atoms with Crippen LogP contribution in [0.1, 0.15) is 43.0 Å². The van der Waals surface area contributed by atoms with Crippen molar-refractivity contribution in [2.75, 3.05) is 20.8 Å². The van der Waals surface area contributed by atoms with Crippen LogP contribution >= 0.6 is 0 Å². The summed E-state index contributed by atoms with van der Waals surface area (Å²) in [6, 6.07) is 4.44. The Morgan fingerprint density at radius 2 is 1.89 bits per heavy atom. The summed E-state index contributed by atoms with van der Waals surface area (Å²) >= 11 is 0. The highest BCUT2D eigenvalue weighted by atomic mass is 16.5. The van der Waals surface area contributed by atoms with Crippen LogP contribution < -0.4 is 10.1 Å². The van der Waals surface area contributed by atoms with E-state index in [9.17, 15) is 0 Å². The zero-order valence-electron chi connectivity index (χ0n) is 13.0. The first-order valence-corrected chi connectivity index (χ1v) is 6.97. The van der Waals surface area contributed by atoms with E-state index in [1.54, 1.807) is 14.2 Å². The Kier molecular flexibility index (Phi) is 6.32. The minimum absolute atomic E-state index is 0.0996. The molecule has 0 amide bonds. The Hall–Kier alpha value is -1.06. The molecule has 0 radical (unpaired) electrons. The number of benzene rings is 1. The molecule has 2 atom stereocenters. The van der Waals surface area contributed by atoms with E-state index in [4.69, 9.17) is 9.47 Å². The van der Waals surface area contributed by atoms with Crippen molar-refractivity contribution in [3.63, 3.8) is 0 Å². The van der Waals surface area contributed by atoms with Crippen LogP contribution in [-0.2, 0) is 4.74 Å². The Morgan fingerprint density at radius 3 is 2.42 bits per heavy atom. The quantitative estimate of drug-likeness (QED) is 0.819. The molecule has 0 saturated heterocycles. The molecule has 1 rings (SSSR count). The van der Waals surface area contributed by atoms with Gasteiger partial charge in [0, 0.05) is 12.7 Å². The zero-order valence-corrected chi connectivity index (χ0v) is 13.0. The summed E-state index contributed by atoms with van der Waals surface area (Å²) in [7, 11) is 3.48. The minimum Gasteiger partial charge on any atom is -0.496 e. The van der Waals surface area contributed by atoms with Crippen LogP contribution in [0.25, 0.3) is 0 Å². The molecule has 1 N–H and O–H groups in total. The molecule has 1 aromatic carbocycles. The number of ether oxygens (including phenoxy) is 2. The van der Waals surface area contributed by atoms with Crippen LogP contribution in [0, 0.1) is 13.8 Å². The van der Waals surface area contributed by atoms with Crippen molar-refractivity contribution in [3.8, 4) is 5.75 Å². The fourth-order valence-electron chi connectivity index (χ4n) is 2.29. The molecule has 3 nitrogen and oxygen atoms in total. The topological polar surface area (TPSA) is 30.5 Å². The largest absolute Gasteiger partial charge is 0.496 e. The van der Waals surface area contributed by atoms with Crippen molar-refractivity contribution in [1.82, 2.24) is 5.32 Å². The molecule has 108 valence electrons. The number of hydrogen-bond acceptors (Lipinski definition) is 3. The van der Waals surface area contributed by atoms with Gasteiger partial charge in [-0.05, 0) is 44.9 Å². The van der Waals surface area contributed by atoms with Gasteiger partial charge in [0.1, 0.15) is 5.75 Å². The van der Waals surface area contributed by atoms with Gasteiger partial charge in [0.15, 0.2) is 0 Å². The highest BCUT2D eigenvalue weighted by Crippen LogP contribution is 2.33. The van der Waals surface area contributed by atoms with E-state index in [1.807, 2.05) is 0 Å². The van der Waals surface area contributed by atoms with Gasteiger partial charge in [-0.25, -0.2) is 0 Å². The van der Waals surface area contributed by atoms with Gasteiger partial charge in [-0.15, -0.1) is 0 Å². The smallest absolute Gasteiger partial charge is 0.126 e. The summed E-state index contributed by atoms with van der Waals surface area (Å²) in [4.78, 5) is 0. The number of methoxy groups -OCH3 is 2. The van der Waals surface area contributed by atoms with Crippen LogP contribution in [-0.4, -0.2) is 26.9 Å². The van der Waals surface area contributed by atoms with Gasteiger partial charge in [0.25, 0.3) is 0 Å². The third kappa shape index (κ3) is 3.71. The van der Waals surface area contributed by atoms with E-state index in [-0.39, 0.29) is 12.1 Å². The SMILES string of the molecule is CCCNC(c1ccc(C)c(C)c1OC)C(C)OC. The lowest BCUT2D eigenvalue weighted by Gasteiger charge is -2.27. The monoisotopic (exact) mass is 265 g/mol. The zero-order chi connectivity index (χ0) is 14.4. The van der Waals surface area contributed by atoms with Gasteiger partial charge >= 0.3 is 0 Å². The highest BCUT2D eigenvalue weighted by Gasteiger charge is 2.23. The molecule has 0 saturated carbocycles. The second-order valence-electron chi connectivity index (χ2n) is 5.00. The first-order chi connectivity index (χ1) is 9.06. The predicted molar refractivity (Wildman–Crippen MR) is 80.0 cm³/mol. The van der Waals surface area contributed by atoms with Gasteiger partial charge < -0.3 is 14.8 Å². The van der Waals surface area contributed by atoms with Crippen molar-refractivity contribution < 1.29 is 9.47 Å². The molecule has 0 aliphatic carbocycles. The number of aryl methyl sites for hydroxylation is 1. The Bertz CT molecular complexity index is 404. The molecular weight excluding hydrogens is 238 g/mol. The molecular formula is C16H27NO2. The molecule has 0 heterocycles. The third-order valence-electron chi connectivity index (χ3n) is 3.70. The second-order valence-corrected chi connectivity index (χ2v) is 5.00. The first-order valence-electron chi connectivity index (χ1n) is 6.97. The minimum atomic E-state index is 0.0996. The number of hydrogen-bond donors (Lipinski definition) is 1. The lowest BCUT2D eigenvalue weighted by Crippen LogP contribution is -2.32. The van der Waals surface area contributed by atoms with Crippen molar-refractivity contribution in [2.45, 2.75) is 46.3 Å². The fourth-order valence-corrected chi connectivity index (χ4v) is 2.29. The Labute approximate surface area is 117 Å². The van der Waals surface area contributed by atoms with Gasteiger partial charge in [-0.3, -0.25) is 0 Å². The van der Waals surface area contributed by atoms with E-state index in [2.05, 4.69) is 45.1 Å². The predicted octanol–water partition coefficient (Wildman–Crippen LogP) is 3.39. The summed E-state index contributed by atoms with van der Waals surface area (Å²) in [6.45, 7) is 9.43. The van der Waals surface area contributed by atoms with E-state index >= 15 is 0 Å². The summed E-state index contributed by atoms with van der Waals surface area (Å²) in [6.07, 6.45) is 1.20. The summed E-state index contributed by atoms with van der Waals surface area (Å²) in [5.41, 5.74) is 3.62. The van der Waals surface area contributed by atoms with Gasteiger partial charge in [0.05, 0.1) is 19.3 Å². The van der Waals surface area contributed by atoms with E-state index in [0.29, 0.717) is 0 Å². The van der Waals surface area contributed by atoms with Gasteiger partial charge in [-0.2, -0.15) is 0 Å². The van der Waals surface area contributed by atoms with Gasteiger partial charge in [0.2, 0.25) is 0 Å². The van der Waals surface area contributed by atoms with Crippen LogP contribution in [0.15, 0.2) is 12.1 Å². The van der Waals surface area contributed by atoms with E-state index < -0.39 is 0 Å². The van der Waals surface area contributed by atoms with Crippen LogP contribution in [0.4, 0.5) is 0 Å². The molecule has 0 spiro atoms. The fraction of sp³-hybridized carbons (Fsp3) is 0.625. The summed E-state index contributed by atoms with van der Waals surface area (Å²) in [5, 5.41) is 3.55. The average Bonchev–Trinajstić information content (AvgIpc) is 2.42. The number of nitrogens with one attached hydrogen (secondary N) is 1. The first kappa shape index (κ1) is 16.0. The Morgan fingerprint density at radius 1 is 1.21 bits per heavy atom. The second kappa shape index (κ2) is 7.51. The molecule has 0 aliphatic heterocycles. The molecule has 1 aromatic rings. The van der Waals surface area contributed by atoms with Crippen molar-refractivity contribution in [3.05, 3.63) is 28.8 Å². The standard InChI is InChI=1S/C16H27NO2/c1-7-10-17-15(13(4)18-5)14-9-8-11(2)12(3)16(14)19-6/h8-9,13,15,17H,7,10H2,1-6H3. The molecule has 0 aromatic heterocycles. The van der Waals surface area contributed by atoms with Crippen molar-refractivity contribution in [2.24, 2.45) is 0 Å². The third-order valence-corrected chi connectivity index (χ3v) is 3.70. The maximum atomic E-state index is 5.62. The lowest BCUT2D eigenvalue weighted by atomic mass is 9.96. The summed E-state index contributed by atoms with van der Waals surface area (Å²) in [5.74, 6) is 0.970. The molecule has 2 unspecified atom stereocenters. The lowest BCUT2D eigenvalue weighted by molar-refractivity contribution is 0.0821. The summed E-state index contributed by atoms with van der Waals surface area (Å²) < 4.78 is 11.1. The van der Waals surface area contributed by atoms with E-state index in [1.165, 1.54) is 16.7 Å². The average molecular weight is 265 g/mol.